The molecule has 2 nitrogen and oxygen atoms in total. The highest BCUT2D eigenvalue weighted by Gasteiger charge is 2.51. The Morgan fingerprint density at radius 3 is 1.89 bits per heavy atom. The van der Waals surface area contributed by atoms with E-state index >= 15 is 0 Å². The minimum atomic E-state index is -2.14. The van der Waals surface area contributed by atoms with E-state index in [1.807, 2.05) is 0 Å². The van der Waals surface area contributed by atoms with Crippen molar-refractivity contribution in [2.24, 2.45) is 46.3 Å². The van der Waals surface area contributed by atoms with Crippen LogP contribution in [0.5, 0.6) is 0 Å². The fourth-order valence-corrected chi connectivity index (χ4v) is 12.7. The minimum Gasteiger partial charge on any atom is -0.324 e. The summed E-state index contributed by atoms with van der Waals surface area (Å²) >= 11 is 0. The van der Waals surface area contributed by atoms with E-state index in [1.54, 1.807) is 0 Å². The molecule has 0 spiro atoms. The van der Waals surface area contributed by atoms with Crippen LogP contribution in [-0.4, -0.2) is 38.0 Å². The van der Waals surface area contributed by atoms with E-state index in [1.165, 1.54) is 12.8 Å². The summed E-state index contributed by atoms with van der Waals surface area (Å²) in [6, 6.07) is 0. The van der Waals surface area contributed by atoms with Gasteiger partial charge in [-0.25, -0.2) is 0 Å². The molecule has 1 aliphatic heterocycles. The maximum absolute atomic E-state index is 13.7. The molecule has 0 amide bonds. The maximum Gasteiger partial charge on any atom is 0.0851 e. The Hall–Kier alpha value is 0.460. The van der Waals surface area contributed by atoms with Gasteiger partial charge in [-0.05, 0) is 85.4 Å². The summed E-state index contributed by atoms with van der Waals surface area (Å²) in [6.45, 7) is 18.6. The van der Waals surface area contributed by atoms with Crippen molar-refractivity contribution in [3.63, 3.8) is 0 Å². The van der Waals surface area contributed by atoms with Crippen molar-refractivity contribution in [3.8, 4) is 0 Å². The molecule has 3 rings (SSSR count). The average Bonchev–Trinajstić information content (AvgIpc) is 2.88. The Morgan fingerprint density at radius 2 is 1.29 bits per heavy atom. The number of hydrogen-bond acceptors (Lipinski definition) is 2. The molecule has 0 radical (unpaired) electrons. The van der Waals surface area contributed by atoms with Crippen molar-refractivity contribution in [2.45, 2.75) is 67.2 Å². The van der Waals surface area contributed by atoms with Gasteiger partial charge in [0, 0.05) is 24.6 Å². The van der Waals surface area contributed by atoms with Gasteiger partial charge in [-0.2, -0.15) is 0 Å². The van der Waals surface area contributed by atoms with Crippen LogP contribution in [-0.2, 0) is 9.13 Å². The van der Waals surface area contributed by atoms with Crippen LogP contribution in [0.15, 0.2) is 0 Å². The second-order valence-electron chi connectivity index (χ2n) is 12.6. The van der Waals surface area contributed by atoms with Crippen LogP contribution in [0.4, 0.5) is 0 Å². The monoisotopic (exact) mass is 428 g/mol. The Labute approximate surface area is 175 Å². The fourth-order valence-electron chi connectivity index (χ4n) is 7.34. The zero-order valence-electron chi connectivity index (χ0n) is 19.8. The lowest BCUT2D eigenvalue weighted by atomic mass is 9.74. The van der Waals surface area contributed by atoms with Crippen LogP contribution in [0.1, 0.15) is 67.2 Å². The summed E-state index contributed by atoms with van der Waals surface area (Å²) in [5, 5.41) is 0. The van der Waals surface area contributed by atoms with Gasteiger partial charge in [0.2, 0.25) is 0 Å². The highest BCUT2D eigenvalue weighted by atomic mass is 31.2. The van der Waals surface area contributed by atoms with Gasteiger partial charge in [-0.15, -0.1) is 0 Å². The molecule has 8 atom stereocenters. The van der Waals surface area contributed by atoms with Gasteiger partial charge in [0.15, 0.2) is 0 Å². The topological polar surface area (TPSA) is 34.1 Å². The van der Waals surface area contributed by atoms with Gasteiger partial charge >= 0.3 is 0 Å². The molecule has 2 bridgehead atoms. The van der Waals surface area contributed by atoms with Crippen LogP contribution in [0.25, 0.3) is 0 Å². The lowest BCUT2D eigenvalue weighted by molar-refractivity contribution is 0.184. The van der Waals surface area contributed by atoms with Crippen LogP contribution in [0, 0.1) is 46.3 Å². The summed E-state index contributed by atoms with van der Waals surface area (Å²) in [6.07, 6.45) is 8.29. The largest absolute Gasteiger partial charge is 0.324 e. The Balaban J connectivity index is 1.93. The molecule has 3 fully saturated rings. The summed E-state index contributed by atoms with van der Waals surface area (Å²) in [4.78, 5) is 0. The molecule has 0 N–H and O–H groups in total. The summed E-state index contributed by atoms with van der Waals surface area (Å²) in [7, 11) is -4.27. The van der Waals surface area contributed by atoms with Crippen molar-refractivity contribution in [1.82, 2.24) is 0 Å². The predicted octanol–water partition coefficient (Wildman–Crippen LogP) is 7.36. The quantitative estimate of drug-likeness (QED) is 0.378. The van der Waals surface area contributed by atoms with Crippen molar-refractivity contribution < 1.29 is 9.13 Å². The van der Waals surface area contributed by atoms with E-state index in [2.05, 4.69) is 54.9 Å². The zero-order valence-corrected chi connectivity index (χ0v) is 21.6. The van der Waals surface area contributed by atoms with Crippen LogP contribution >= 0.6 is 14.3 Å². The molecule has 164 valence electrons. The van der Waals surface area contributed by atoms with E-state index in [0.29, 0.717) is 35.5 Å². The molecule has 0 aromatic heterocycles. The van der Waals surface area contributed by atoms with E-state index in [0.717, 1.165) is 37.5 Å². The number of fused-ring (bicyclic) bond motifs is 3. The normalized spacial score (nSPS) is 51.6. The van der Waals surface area contributed by atoms with Crippen LogP contribution < -0.4 is 0 Å². The number of hydrogen-bond donors (Lipinski definition) is 0. The van der Waals surface area contributed by atoms with Crippen molar-refractivity contribution >= 4 is 14.3 Å². The molecule has 4 heteroatoms. The van der Waals surface area contributed by atoms with Gasteiger partial charge in [0.1, 0.15) is 0 Å². The van der Waals surface area contributed by atoms with E-state index < -0.39 is 14.3 Å². The minimum absolute atomic E-state index is 0.225. The SMILES string of the molecule is C[C@@H]1C[C@@H]2CC[P@@](C)(=O)C[C@@H]3[C@@H](CC[P@@](C)(=O)C[C@@H]1C2(C)C)C[C@@H](C)C3(C)C. The summed E-state index contributed by atoms with van der Waals surface area (Å²) in [5.74, 6) is 3.64. The summed E-state index contributed by atoms with van der Waals surface area (Å²) in [5.41, 5.74) is 0.476. The van der Waals surface area contributed by atoms with Gasteiger partial charge in [0.25, 0.3) is 0 Å². The predicted molar refractivity (Wildman–Crippen MR) is 125 cm³/mol. The van der Waals surface area contributed by atoms with Crippen molar-refractivity contribution in [2.75, 3.05) is 38.0 Å². The molecule has 0 unspecified atom stereocenters. The first-order chi connectivity index (χ1) is 12.7. The highest BCUT2D eigenvalue weighted by Crippen LogP contribution is 2.63. The van der Waals surface area contributed by atoms with E-state index in [-0.39, 0.29) is 10.8 Å². The molecule has 28 heavy (non-hydrogen) atoms. The van der Waals surface area contributed by atoms with Gasteiger partial charge in [-0.1, -0.05) is 41.5 Å². The van der Waals surface area contributed by atoms with Gasteiger partial charge in [0.05, 0.1) is 14.3 Å². The van der Waals surface area contributed by atoms with Crippen LogP contribution in [0.2, 0.25) is 0 Å². The second kappa shape index (κ2) is 7.55. The fraction of sp³-hybridized carbons (Fsp3) is 1.00. The molecule has 2 aliphatic carbocycles. The van der Waals surface area contributed by atoms with Gasteiger partial charge < -0.3 is 9.13 Å². The molecule has 0 aromatic rings. The Kier molecular flexibility index (Phi) is 6.24. The molecular formula is C24H46O2P2. The first-order valence-corrected chi connectivity index (χ1v) is 16.8. The first-order valence-electron chi connectivity index (χ1n) is 11.8. The average molecular weight is 429 g/mol. The van der Waals surface area contributed by atoms with Crippen molar-refractivity contribution in [3.05, 3.63) is 0 Å². The Morgan fingerprint density at radius 1 is 0.750 bits per heavy atom. The summed E-state index contributed by atoms with van der Waals surface area (Å²) < 4.78 is 27.4. The maximum atomic E-state index is 13.7. The smallest absolute Gasteiger partial charge is 0.0851 e. The molecule has 3 aliphatic rings. The van der Waals surface area contributed by atoms with Crippen molar-refractivity contribution in [1.29, 1.82) is 0 Å². The first kappa shape index (κ1) is 23.1. The second-order valence-corrected chi connectivity index (χ2v) is 19.5. The third kappa shape index (κ3) is 4.40. The molecular weight excluding hydrogens is 382 g/mol. The lowest BCUT2D eigenvalue weighted by Gasteiger charge is -2.36. The molecule has 2 saturated carbocycles. The van der Waals surface area contributed by atoms with E-state index in [4.69, 9.17) is 0 Å². The zero-order chi connectivity index (χ0) is 21.1. The number of rotatable bonds is 0. The standard InChI is InChI=1S/C24H46O2P2/c1-17-13-20-10-12-28(8,26)16-22-19(14-18(2)23(22,3)4)9-11-27(7,25)15-21(17)24(20,5)6/h17-22H,9-16H2,1-8H3/t17-,18-,19+,20+,21+,22-,27-,28-/m1/s1. The van der Waals surface area contributed by atoms with Crippen LogP contribution in [0.3, 0.4) is 0 Å². The van der Waals surface area contributed by atoms with Gasteiger partial charge in [-0.3, -0.25) is 0 Å². The van der Waals surface area contributed by atoms with E-state index in [9.17, 15) is 9.13 Å². The third-order valence-corrected chi connectivity index (χ3v) is 14.6. The lowest BCUT2D eigenvalue weighted by Crippen LogP contribution is -2.30. The highest BCUT2D eigenvalue weighted by molar-refractivity contribution is 7.63. The molecule has 1 saturated heterocycles. The molecule has 1 heterocycles. The third-order valence-electron chi connectivity index (χ3n) is 9.89. The Bertz CT molecular complexity index is 680. The molecule has 0 aromatic carbocycles.